The van der Waals surface area contributed by atoms with E-state index in [0.29, 0.717) is 12.0 Å². The van der Waals surface area contributed by atoms with E-state index in [0.717, 1.165) is 11.3 Å². The first-order valence-corrected chi connectivity index (χ1v) is 5.82. The maximum Gasteiger partial charge on any atom is 0.124 e. The number of benzene rings is 2. The molecule has 0 radical (unpaired) electrons. The maximum absolute atomic E-state index is 9.63. The minimum absolute atomic E-state index is 0.100. The first-order valence-electron chi connectivity index (χ1n) is 5.82. The van der Waals surface area contributed by atoms with Crippen molar-refractivity contribution >= 4 is 11.9 Å². The standard InChI is InChI=1S/C15H15NO2/c17-10-9-12-5-1-3-7-14(12)16-11-13-6-2-4-8-15(13)18/h1-8,11,17-18H,9-10H2. The molecule has 0 aliphatic carbocycles. The number of aromatic hydroxyl groups is 1. The lowest BCUT2D eigenvalue weighted by atomic mass is 10.1. The number of para-hydroxylation sites is 2. The van der Waals surface area contributed by atoms with Gasteiger partial charge in [0, 0.05) is 18.4 Å². The zero-order chi connectivity index (χ0) is 12.8. The van der Waals surface area contributed by atoms with Gasteiger partial charge in [-0.3, -0.25) is 4.99 Å². The highest BCUT2D eigenvalue weighted by molar-refractivity contribution is 5.85. The largest absolute Gasteiger partial charge is 0.507 e. The Labute approximate surface area is 106 Å². The number of nitrogens with zero attached hydrogens (tertiary/aromatic N) is 1. The predicted molar refractivity (Wildman–Crippen MR) is 72.6 cm³/mol. The van der Waals surface area contributed by atoms with E-state index in [1.165, 1.54) is 0 Å². The first-order chi connectivity index (χ1) is 8.81. The molecular weight excluding hydrogens is 226 g/mol. The summed E-state index contributed by atoms with van der Waals surface area (Å²) < 4.78 is 0. The second-order valence-corrected chi connectivity index (χ2v) is 3.92. The van der Waals surface area contributed by atoms with E-state index >= 15 is 0 Å². The van der Waals surface area contributed by atoms with Crippen molar-refractivity contribution in [2.45, 2.75) is 6.42 Å². The molecule has 0 saturated carbocycles. The van der Waals surface area contributed by atoms with Crippen molar-refractivity contribution < 1.29 is 10.2 Å². The summed E-state index contributed by atoms with van der Waals surface area (Å²) in [7, 11) is 0. The summed E-state index contributed by atoms with van der Waals surface area (Å²) >= 11 is 0. The second kappa shape index (κ2) is 5.98. The molecule has 0 aliphatic rings. The van der Waals surface area contributed by atoms with Crippen molar-refractivity contribution in [3.05, 3.63) is 59.7 Å². The average Bonchev–Trinajstić information content (AvgIpc) is 2.40. The van der Waals surface area contributed by atoms with Crippen LogP contribution >= 0.6 is 0 Å². The van der Waals surface area contributed by atoms with Crippen LogP contribution in [0.5, 0.6) is 5.75 Å². The Balaban J connectivity index is 2.26. The highest BCUT2D eigenvalue weighted by atomic mass is 16.3. The molecule has 0 amide bonds. The van der Waals surface area contributed by atoms with Crippen molar-refractivity contribution in [1.82, 2.24) is 0 Å². The van der Waals surface area contributed by atoms with Gasteiger partial charge in [-0.05, 0) is 30.2 Å². The van der Waals surface area contributed by atoms with Crippen LogP contribution in [-0.2, 0) is 6.42 Å². The lowest BCUT2D eigenvalue weighted by Gasteiger charge is -2.03. The Morgan fingerprint density at radius 1 is 1.00 bits per heavy atom. The fourth-order valence-electron chi connectivity index (χ4n) is 1.70. The monoisotopic (exact) mass is 241 g/mol. The SMILES string of the molecule is OCCc1ccccc1N=Cc1ccccc1O. The van der Waals surface area contributed by atoms with Gasteiger partial charge in [-0.25, -0.2) is 0 Å². The number of hydrogen-bond acceptors (Lipinski definition) is 3. The topological polar surface area (TPSA) is 52.8 Å². The molecule has 2 N–H and O–H groups in total. The van der Waals surface area contributed by atoms with Crippen molar-refractivity contribution in [2.75, 3.05) is 6.61 Å². The van der Waals surface area contributed by atoms with Crippen LogP contribution in [0.3, 0.4) is 0 Å². The third-order valence-electron chi connectivity index (χ3n) is 2.65. The quantitative estimate of drug-likeness (QED) is 0.808. The first kappa shape index (κ1) is 12.3. The number of aliphatic hydroxyl groups is 1. The number of aliphatic hydroxyl groups excluding tert-OH is 1. The van der Waals surface area contributed by atoms with Crippen LogP contribution in [0.2, 0.25) is 0 Å². The minimum atomic E-state index is 0.100. The number of phenolic OH excluding ortho intramolecular Hbond substituents is 1. The van der Waals surface area contributed by atoms with Gasteiger partial charge in [-0.15, -0.1) is 0 Å². The molecule has 0 saturated heterocycles. The van der Waals surface area contributed by atoms with Crippen LogP contribution in [0, 0.1) is 0 Å². The van der Waals surface area contributed by atoms with Crippen molar-refractivity contribution in [3.63, 3.8) is 0 Å². The molecule has 0 atom stereocenters. The van der Waals surface area contributed by atoms with Crippen molar-refractivity contribution in [1.29, 1.82) is 0 Å². The predicted octanol–water partition coefficient (Wildman–Crippen LogP) is 2.68. The fraction of sp³-hybridized carbons (Fsp3) is 0.133. The summed E-state index contributed by atoms with van der Waals surface area (Å²) in [6.07, 6.45) is 2.21. The van der Waals surface area contributed by atoms with Crippen LogP contribution in [0.25, 0.3) is 0 Å². The highest BCUT2D eigenvalue weighted by Crippen LogP contribution is 2.20. The normalized spacial score (nSPS) is 10.9. The number of hydrogen-bond donors (Lipinski definition) is 2. The Kier molecular flexibility index (Phi) is 4.10. The highest BCUT2D eigenvalue weighted by Gasteiger charge is 1.99. The van der Waals surface area contributed by atoms with Gasteiger partial charge in [0.05, 0.1) is 5.69 Å². The molecule has 0 unspecified atom stereocenters. The van der Waals surface area contributed by atoms with E-state index in [2.05, 4.69) is 4.99 Å². The number of aliphatic imine (C=N–C) groups is 1. The molecule has 0 aromatic heterocycles. The van der Waals surface area contributed by atoms with E-state index in [1.807, 2.05) is 30.3 Å². The molecule has 0 fully saturated rings. The molecular formula is C15H15NO2. The van der Waals surface area contributed by atoms with Crippen molar-refractivity contribution in [2.24, 2.45) is 4.99 Å². The van der Waals surface area contributed by atoms with Gasteiger partial charge < -0.3 is 10.2 Å². The van der Waals surface area contributed by atoms with Gasteiger partial charge in [0.15, 0.2) is 0 Å². The smallest absolute Gasteiger partial charge is 0.124 e. The van der Waals surface area contributed by atoms with E-state index in [1.54, 1.807) is 24.4 Å². The van der Waals surface area contributed by atoms with Gasteiger partial charge in [0.1, 0.15) is 5.75 Å². The molecule has 2 aromatic rings. The van der Waals surface area contributed by atoms with E-state index in [4.69, 9.17) is 5.11 Å². The van der Waals surface area contributed by atoms with Crippen LogP contribution in [0.1, 0.15) is 11.1 Å². The van der Waals surface area contributed by atoms with Gasteiger partial charge in [-0.2, -0.15) is 0 Å². The summed E-state index contributed by atoms with van der Waals surface area (Å²) in [6, 6.07) is 14.7. The lowest BCUT2D eigenvalue weighted by molar-refractivity contribution is 0.300. The van der Waals surface area contributed by atoms with E-state index < -0.39 is 0 Å². The molecule has 2 rings (SSSR count). The summed E-state index contributed by atoms with van der Waals surface area (Å²) in [5.74, 6) is 0.209. The average molecular weight is 241 g/mol. The lowest BCUT2D eigenvalue weighted by Crippen LogP contribution is -1.91. The summed E-state index contributed by atoms with van der Waals surface area (Å²) in [5.41, 5.74) is 2.48. The van der Waals surface area contributed by atoms with Gasteiger partial charge in [-0.1, -0.05) is 30.3 Å². The third kappa shape index (κ3) is 2.96. The van der Waals surface area contributed by atoms with E-state index in [9.17, 15) is 5.11 Å². The van der Waals surface area contributed by atoms with Crippen LogP contribution in [0.15, 0.2) is 53.5 Å². The Morgan fingerprint density at radius 3 is 2.50 bits per heavy atom. The molecule has 3 heteroatoms. The third-order valence-corrected chi connectivity index (χ3v) is 2.65. The molecule has 0 bridgehead atoms. The Morgan fingerprint density at radius 2 is 1.72 bits per heavy atom. The van der Waals surface area contributed by atoms with E-state index in [-0.39, 0.29) is 12.4 Å². The molecule has 18 heavy (non-hydrogen) atoms. The zero-order valence-electron chi connectivity index (χ0n) is 9.95. The summed E-state index contributed by atoms with van der Waals surface area (Å²) in [4.78, 5) is 4.36. The second-order valence-electron chi connectivity index (χ2n) is 3.92. The van der Waals surface area contributed by atoms with Crippen molar-refractivity contribution in [3.8, 4) is 5.75 Å². The van der Waals surface area contributed by atoms with Gasteiger partial charge >= 0.3 is 0 Å². The molecule has 3 nitrogen and oxygen atoms in total. The number of phenols is 1. The number of rotatable bonds is 4. The molecule has 92 valence electrons. The zero-order valence-corrected chi connectivity index (χ0v) is 9.95. The van der Waals surface area contributed by atoms with Crippen LogP contribution in [-0.4, -0.2) is 23.0 Å². The Hall–Kier alpha value is -2.13. The Bertz CT molecular complexity index is 550. The minimum Gasteiger partial charge on any atom is -0.507 e. The molecule has 2 aromatic carbocycles. The fourth-order valence-corrected chi connectivity index (χ4v) is 1.70. The van der Waals surface area contributed by atoms with Gasteiger partial charge in [0.25, 0.3) is 0 Å². The van der Waals surface area contributed by atoms with Gasteiger partial charge in [0.2, 0.25) is 0 Å². The van der Waals surface area contributed by atoms with Crippen LogP contribution < -0.4 is 0 Å². The van der Waals surface area contributed by atoms with Crippen LogP contribution in [0.4, 0.5) is 5.69 Å². The summed E-state index contributed by atoms with van der Waals surface area (Å²) in [6.45, 7) is 0.100. The summed E-state index contributed by atoms with van der Waals surface area (Å²) in [5, 5.41) is 18.6. The molecule has 0 spiro atoms. The molecule has 0 aliphatic heterocycles. The maximum atomic E-state index is 9.63. The molecule has 0 heterocycles.